The van der Waals surface area contributed by atoms with Gasteiger partial charge in [0.1, 0.15) is 0 Å². The van der Waals surface area contributed by atoms with Crippen LogP contribution in [-0.4, -0.2) is 47.7 Å². The first-order valence-electron chi connectivity index (χ1n) is 6.40. The predicted octanol–water partition coefficient (Wildman–Crippen LogP) is 0.856. The van der Waals surface area contributed by atoms with E-state index in [1.54, 1.807) is 17.0 Å². The number of nitrogens with one attached hydrogen (secondary N) is 1. The molecule has 1 aromatic rings. The summed E-state index contributed by atoms with van der Waals surface area (Å²) >= 11 is 0. The number of amides is 1. The van der Waals surface area contributed by atoms with Gasteiger partial charge in [-0.1, -0.05) is 6.92 Å². The zero-order chi connectivity index (χ0) is 13.0. The van der Waals surface area contributed by atoms with Gasteiger partial charge in [0.15, 0.2) is 5.76 Å². The fraction of sp³-hybridized carbons (Fsp3) is 0.615. The lowest BCUT2D eigenvalue weighted by Gasteiger charge is -2.38. The summed E-state index contributed by atoms with van der Waals surface area (Å²) in [7, 11) is 0. The van der Waals surface area contributed by atoms with Gasteiger partial charge in [0.2, 0.25) is 0 Å². The van der Waals surface area contributed by atoms with Gasteiger partial charge >= 0.3 is 0 Å². The Bertz CT molecular complexity index is 381. The molecule has 18 heavy (non-hydrogen) atoms. The van der Waals surface area contributed by atoms with Crippen LogP contribution in [0.1, 0.15) is 30.3 Å². The highest BCUT2D eigenvalue weighted by atomic mass is 16.3. The Balaban J connectivity index is 1.88. The Morgan fingerprint density at radius 1 is 1.56 bits per heavy atom. The van der Waals surface area contributed by atoms with Gasteiger partial charge < -0.3 is 19.7 Å². The van der Waals surface area contributed by atoms with Crippen molar-refractivity contribution in [3.8, 4) is 0 Å². The molecule has 2 N–H and O–H groups in total. The second kappa shape index (κ2) is 5.54. The van der Waals surface area contributed by atoms with Crippen LogP contribution in [0.4, 0.5) is 0 Å². The van der Waals surface area contributed by atoms with E-state index < -0.39 is 5.60 Å². The summed E-state index contributed by atoms with van der Waals surface area (Å²) in [5, 5.41) is 13.5. The quantitative estimate of drug-likeness (QED) is 0.834. The Kier molecular flexibility index (Phi) is 4.04. The van der Waals surface area contributed by atoms with Crippen molar-refractivity contribution in [2.24, 2.45) is 0 Å². The van der Waals surface area contributed by atoms with E-state index in [0.29, 0.717) is 38.2 Å². The molecule has 1 saturated heterocycles. The molecule has 1 aliphatic heterocycles. The molecule has 2 heterocycles. The minimum absolute atomic E-state index is 0.0921. The monoisotopic (exact) mass is 252 g/mol. The van der Waals surface area contributed by atoms with E-state index in [2.05, 4.69) is 5.32 Å². The molecule has 1 aromatic heterocycles. The van der Waals surface area contributed by atoms with Crippen LogP contribution in [0.5, 0.6) is 0 Å². The van der Waals surface area contributed by atoms with Crippen molar-refractivity contribution in [1.29, 1.82) is 0 Å². The minimum Gasteiger partial charge on any atom is -0.459 e. The Hall–Kier alpha value is -1.33. The van der Waals surface area contributed by atoms with Gasteiger partial charge in [0.25, 0.3) is 5.91 Å². The van der Waals surface area contributed by atoms with Crippen LogP contribution in [0, 0.1) is 0 Å². The molecule has 0 aliphatic carbocycles. The van der Waals surface area contributed by atoms with E-state index in [4.69, 9.17) is 4.42 Å². The Morgan fingerprint density at radius 2 is 2.28 bits per heavy atom. The van der Waals surface area contributed by atoms with Gasteiger partial charge in [-0.05, 0) is 31.5 Å². The van der Waals surface area contributed by atoms with Crippen molar-refractivity contribution in [2.45, 2.75) is 25.4 Å². The third-order valence-corrected chi connectivity index (χ3v) is 3.42. The van der Waals surface area contributed by atoms with Crippen LogP contribution in [-0.2, 0) is 0 Å². The predicted molar refractivity (Wildman–Crippen MR) is 67.3 cm³/mol. The second-order valence-electron chi connectivity index (χ2n) is 4.77. The van der Waals surface area contributed by atoms with Crippen LogP contribution in [0.25, 0.3) is 0 Å². The molecular formula is C13H20N2O3. The number of aliphatic hydroxyl groups is 1. The Morgan fingerprint density at radius 3 is 2.83 bits per heavy atom. The molecular weight excluding hydrogens is 232 g/mol. The molecule has 0 atom stereocenters. The highest BCUT2D eigenvalue weighted by Crippen LogP contribution is 2.22. The standard InChI is InChI=1S/C13H20N2O3/c1-2-14-10-13(17)5-7-15(8-6-13)12(16)11-4-3-9-18-11/h3-4,9,14,17H,2,5-8,10H2,1H3. The molecule has 1 fully saturated rings. The molecule has 0 bridgehead atoms. The number of hydrogen-bond donors (Lipinski definition) is 2. The zero-order valence-electron chi connectivity index (χ0n) is 10.7. The molecule has 5 heteroatoms. The van der Waals surface area contributed by atoms with E-state index in [1.165, 1.54) is 6.26 Å². The smallest absolute Gasteiger partial charge is 0.289 e. The number of likely N-dealkylation sites (tertiary alicyclic amines) is 1. The highest BCUT2D eigenvalue weighted by molar-refractivity contribution is 5.91. The number of carbonyl (C=O) groups excluding carboxylic acids is 1. The first kappa shape index (κ1) is 13.1. The van der Waals surface area contributed by atoms with Crippen LogP contribution in [0.15, 0.2) is 22.8 Å². The average Bonchev–Trinajstić information content (AvgIpc) is 2.90. The van der Waals surface area contributed by atoms with Gasteiger partial charge in [-0.2, -0.15) is 0 Å². The lowest BCUT2D eigenvalue weighted by Crippen LogP contribution is -2.51. The average molecular weight is 252 g/mol. The molecule has 0 spiro atoms. The summed E-state index contributed by atoms with van der Waals surface area (Å²) < 4.78 is 5.10. The molecule has 0 aromatic carbocycles. The van der Waals surface area contributed by atoms with Crippen LogP contribution in [0.3, 0.4) is 0 Å². The molecule has 5 nitrogen and oxygen atoms in total. The summed E-state index contributed by atoms with van der Waals surface area (Å²) in [6.07, 6.45) is 2.71. The summed E-state index contributed by atoms with van der Waals surface area (Å²) in [5.41, 5.74) is -0.685. The van der Waals surface area contributed by atoms with Gasteiger partial charge in [-0.3, -0.25) is 4.79 Å². The first-order valence-corrected chi connectivity index (χ1v) is 6.40. The summed E-state index contributed by atoms with van der Waals surface area (Å²) in [6, 6.07) is 3.38. The number of hydrogen-bond acceptors (Lipinski definition) is 4. The van der Waals surface area contributed by atoms with Crippen molar-refractivity contribution < 1.29 is 14.3 Å². The zero-order valence-corrected chi connectivity index (χ0v) is 10.7. The molecule has 2 rings (SSSR count). The fourth-order valence-electron chi connectivity index (χ4n) is 2.22. The lowest BCUT2D eigenvalue weighted by molar-refractivity contribution is -0.0159. The molecule has 0 unspecified atom stereocenters. The third-order valence-electron chi connectivity index (χ3n) is 3.42. The Labute approximate surface area is 107 Å². The van der Waals surface area contributed by atoms with Crippen LogP contribution < -0.4 is 5.32 Å². The van der Waals surface area contributed by atoms with E-state index >= 15 is 0 Å². The number of piperidine rings is 1. The largest absolute Gasteiger partial charge is 0.459 e. The van der Waals surface area contributed by atoms with E-state index in [-0.39, 0.29) is 5.91 Å². The third kappa shape index (κ3) is 2.91. The maximum Gasteiger partial charge on any atom is 0.289 e. The van der Waals surface area contributed by atoms with Crippen LogP contribution >= 0.6 is 0 Å². The van der Waals surface area contributed by atoms with Crippen molar-refractivity contribution in [1.82, 2.24) is 10.2 Å². The second-order valence-corrected chi connectivity index (χ2v) is 4.77. The van der Waals surface area contributed by atoms with Crippen LogP contribution in [0.2, 0.25) is 0 Å². The van der Waals surface area contributed by atoms with Crippen molar-refractivity contribution in [3.05, 3.63) is 24.2 Å². The highest BCUT2D eigenvalue weighted by Gasteiger charge is 2.34. The van der Waals surface area contributed by atoms with Gasteiger partial charge in [0.05, 0.1) is 11.9 Å². The van der Waals surface area contributed by atoms with Crippen molar-refractivity contribution in [3.63, 3.8) is 0 Å². The SMILES string of the molecule is CCNCC1(O)CCN(C(=O)c2ccco2)CC1. The van der Waals surface area contributed by atoms with Gasteiger partial charge in [-0.25, -0.2) is 0 Å². The lowest BCUT2D eigenvalue weighted by atomic mass is 9.91. The minimum atomic E-state index is -0.685. The van der Waals surface area contributed by atoms with Gasteiger partial charge in [0, 0.05) is 19.6 Å². The number of nitrogens with zero attached hydrogens (tertiary/aromatic N) is 1. The number of carbonyl (C=O) groups is 1. The van der Waals surface area contributed by atoms with E-state index in [9.17, 15) is 9.90 Å². The van der Waals surface area contributed by atoms with Gasteiger partial charge in [-0.15, -0.1) is 0 Å². The van der Waals surface area contributed by atoms with E-state index in [1.807, 2.05) is 6.92 Å². The molecule has 100 valence electrons. The molecule has 0 saturated carbocycles. The van der Waals surface area contributed by atoms with Crippen molar-refractivity contribution in [2.75, 3.05) is 26.2 Å². The molecule has 1 amide bonds. The topological polar surface area (TPSA) is 65.7 Å². The summed E-state index contributed by atoms with van der Waals surface area (Å²) in [4.78, 5) is 13.8. The maximum absolute atomic E-state index is 12.0. The van der Waals surface area contributed by atoms with Crippen molar-refractivity contribution >= 4 is 5.91 Å². The van der Waals surface area contributed by atoms with E-state index in [0.717, 1.165) is 6.54 Å². The number of rotatable bonds is 4. The normalized spacial score (nSPS) is 18.9. The molecule has 1 aliphatic rings. The first-order chi connectivity index (χ1) is 8.64. The fourth-order valence-corrected chi connectivity index (χ4v) is 2.22. The summed E-state index contributed by atoms with van der Waals surface area (Å²) in [5.74, 6) is 0.276. The summed E-state index contributed by atoms with van der Waals surface area (Å²) in [6.45, 7) is 4.59. The maximum atomic E-state index is 12.0. The number of likely N-dealkylation sites (N-methyl/N-ethyl adjacent to an activating group) is 1. The molecule has 0 radical (unpaired) electrons. The number of furan rings is 1.